The highest BCUT2D eigenvalue weighted by Gasteiger charge is 2.33. The quantitative estimate of drug-likeness (QED) is 0.301. The summed E-state index contributed by atoms with van der Waals surface area (Å²) < 4.78 is 47.2. The predicted molar refractivity (Wildman–Crippen MR) is 143 cm³/mol. The molecule has 3 heterocycles. The molecule has 8 nitrogen and oxygen atoms in total. The van der Waals surface area contributed by atoms with E-state index in [9.17, 15) is 18.0 Å². The highest BCUT2D eigenvalue weighted by atomic mass is 32.2. The molecule has 1 aromatic carbocycles. The van der Waals surface area contributed by atoms with Crippen LogP contribution in [0.4, 0.5) is 24.7 Å². The molecule has 0 bridgehead atoms. The summed E-state index contributed by atoms with van der Waals surface area (Å²) in [5.41, 5.74) is -3.16. The highest BCUT2D eigenvalue weighted by molar-refractivity contribution is 8.00. The Bertz CT molecular complexity index is 1360. The van der Waals surface area contributed by atoms with Crippen molar-refractivity contribution in [2.45, 2.75) is 29.3 Å². The summed E-state index contributed by atoms with van der Waals surface area (Å²) in [6.45, 7) is 1.99. The fourth-order valence-electron chi connectivity index (χ4n) is 4.22. The number of hydrogen-bond acceptors (Lipinski definition) is 7. The number of nitrogens with zero attached hydrogens (tertiary/aromatic N) is 3. The first-order chi connectivity index (χ1) is 18.2. The number of carbonyl (C=O) groups excluding carboxylic acids is 1. The molecular formula is C26H29F3N6O2S. The van der Waals surface area contributed by atoms with Crippen molar-refractivity contribution >= 4 is 34.7 Å². The summed E-state index contributed by atoms with van der Waals surface area (Å²) in [7, 11) is 5.10. The van der Waals surface area contributed by atoms with Gasteiger partial charge in [0.15, 0.2) is 0 Å². The fraction of sp³-hybridized carbons (Fsp3) is 0.385. The van der Waals surface area contributed by atoms with Gasteiger partial charge in [-0.25, -0.2) is 4.52 Å². The molecule has 38 heavy (non-hydrogen) atoms. The minimum atomic E-state index is -4.50. The first-order valence-electron chi connectivity index (χ1n) is 12.0. The lowest BCUT2D eigenvalue weighted by molar-refractivity contribution is -0.0327. The Morgan fingerprint density at radius 3 is 2.68 bits per heavy atom. The number of ether oxygens (including phenoxy) is 1. The monoisotopic (exact) mass is 546 g/mol. The van der Waals surface area contributed by atoms with Gasteiger partial charge >= 0.3 is 5.51 Å². The number of rotatable bonds is 7. The van der Waals surface area contributed by atoms with E-state index in [-0.39, 0.29) is 40.8 Å². The lowest BCUT2D eigenvalue weighted by atomic mass is 10.1. The van der Waals surface area contributed by atoms with Crippen LogP contribution in [0, 0.1) is 11.8 Å². The SMILES string of the molecule is CNC(=O)c1ccc(OC)c(NCC#Cc2nn3c(NC4CCN(C)CC4)cccc3c2SC(F)(F)F)c1. The van der Waals surface area contributed by atoms with Crippen LogP contribution in [0.2, 0.25) is 0 Å². The molecule has 0 atom stereocenters. The number of carbonyl (C=O) groups is 1. The van der Waals surface area contributed by atoms with E-state index in [1.807, 2.05) is 6.07 Å². The fourth-order valence-corrected chi connectivity index (χ4v) is 4.90. The standard InChI is InChI=1S/C26H29F3N6O2S/c1-30-25(36)17-9-10-22(37-3)20(16-17)31-13-5-6-19-24(38-26(27,28)29)21-7-4-8-23(35(21)33-19)32-18-11-14-34(2)15-12-18/h4,7-10,16,18,31-32H,11-15H2,1-3H3,(H,30,36). The number of anilines is 2. The molecule has 0 saturated carbocycles. The van der Waals surface area contributed by atoms with E-state index in [1.165, 1.54) is 18.7 Å². The smallest absolute Gasteiger partial charge is 0.446 e. The molecule has 202 valence electrons. The van der Waals surface area contributed by atoms with Crippen LogP contribution in [-0.4, -0.2) is 72.8 Å². The normalized spacial score (nSPS) is 14.6. The third-order valence-electron chi connectivity index (χ3n) is 6.16. The number of piperidine rings is 1. The zero-order chi connectivity index (χ0) is 27.3. The highest BCUT2D eigenvalue weighted by Crippen LogP contribution is 2.41. The molecule has 0 spiro atoms. The Labute approximate surface area is 223 Å². The maximum atomic E-state index is 13.5. The Hall–Kier alpha value is -3.56. The number of nitrogens with one attached hydrogen (secondary N) is 3. The Morgan fingerprint density at radius 1 is 1.24 bits per heavy atom. The molecule has 0 unspecified atom stereocenters. The van der Waals surface area contributed by atoms with E-state index >= 15 is 0 Å². The van der Waals surface area contributed by atoms with Gasteiger partial charge in [0.25, 0.3) is 5.91 Å². The largest absolute Gasteiger partial charge is 0.495 e. The van der Waals surface area contributed by atoms with E-state index < -0.39 is 5.51 Å². The van der Waals surface area contributed by atoms with E-state index in [4.69, 9.17) is 4.74 Å². The first-order valence-corrected chi connectivity index (χ1v) is 12.9. The number of aromatic nitrogens is 2. The average Bonchev–Trinajstić information content (AvgIpc) is 3.24. The Kier molecular flexibility index (Phi) is 8.58. The second-order valence-corrected chi connectivity index (χ2v) is 9.88. The second kappa shape index (κ2) is 11.9. The summed E-state index contributed by atoms with van der Waals surface area (Å²) in [5.74, 6) is 6.53. The molecule has 0 aliphatic carbocycles. The van der Waals surface area contributed by atoms with Crippen LogP contribution in [-0.2, 0) is 0 Å². The van der Waals surface area contributed by atoms with Gasteiger partial charge < -0.3 is 25.6 Å². The van der Waals surface area contributed by atoms with Crippen molar-refractivity contribution in [1.82, 2.24) is 19.8 Å². The van der Waals surface area contributed by atoms with Crippen molar-refractivity contribution in [2.75, 3.05) is 51.5 Å². The summed E-state index contributed by atoms with van der Waals surface area (Å²) in [6.07, 6.45) is 1.86. The van der Waals surface area contributed by atoms with Gasteiger partial charge in [0.1, 0.15) is 17.3 Å². The van der Waals surface area contributed by atoms with Gasteiger partial charge in [0.05, 0.1) is 29.8 Å². The van der Waals surface area contributed by atoms with Crippen molar-refractivity contribution in [3.05, 3.63) is 47.7 Å². The van der Waals surface area contributed by atoms with E-state index in [0.29, 0.717) is 28.3 Å². The molecule has 4 rings (SSSR count). The van der Waals surface area contributed by atoms with Crippen LogP contribution in [0.5, 0.6) is 5.75 Å². The predicted octanol–water partition coefficient (Wildman–Crippen LogP) is 4.28. The molecule has 2 aromatic heterocycles. The molecule has 1 saturated heterocycles. The van der Waals surface area contributed by atoms with Gasteiger partial charge in [0, 0.05) is 18.7 Å². The molecule has 3 N–H and O–H groups in total. The second-order valence-electron chi connectivity index (χ2n) is 8.81. The Morgan fingerprint density at radius 2 is 2.00 bits per heavy atom. The third-order valence-corrected chi connectivity index (χ3v) is 7.00. The number of pyridine rings is 1. The molecule has 1 fully saturated rings. The maximum Gasteiger partial charge on any atom is 0.446 e. The van der Waals surface area contributed by atoms with Crippen LogP contribution in [0.1, 0.15) is 28.9 Å². The molecule has 0 radical (unpaired) electrons. The molecule has 1 aliphatic rings. The third kappa shape index (κ3) is 6.65. The minimum absolute atomic E-state index is 0.0397. The van der Waals surface area contributed by atoms with Crippen LogP contribution < -0.4 is 20.7 Å². The molecule has 1 aliphatic heterocycles. The van der Waals surface area contributed by atoms with Crippen molar-refractivity contribution in [3.8, 4) is 17.6 Å². The summed E-state index contributed by atoms with van der Waals surface area (Å²) in [6, 6.07) is 10.3. The molecular weight excluding hydrogens is 517 g/mol. The maximum absolute atomic E-state index is 13.5. The number of hydrogen-bond donors (Lipinski definition) is 3. The van der Waals surface area contributed by atoms with Gasteiger partial charge in [-0.15, -0.1) is 0 Å². The van der Waals surface area contributed by atoms with Crippen LogP contribution in [0.25, 0.3) is 5.52 Å². The number of alkyl halides is 3. The lowest BCUT2D eigenvalue weighted by Gasteiger charge is -2.30. The Balaban J connectivity index is 1.60. The number of amides is 1. The van der Waals surface area contributed by atoms with Gasteiger partial charge in [-0.2, -0.15) is 18.3 Å². The van der Waals surface area contributed by atoms with Crippen molar-refractivity contribution in [1.29, 1.82) is 0 Å². The van der Waals surface area contributed by atoms with Crippen molar-refractivity contribution in [2.24, 2.45) is 0 Å². The number of thioether (sulfide) groups is 1. The van der Waals surface area contributed by atoms with Crippen LogP contribution in [0.3, 0.4) is 0 Å². The topological polar surface area (TPSA) is 82.9 Å². The van der Waals surface area contributed by atoms with E-state index in [2.05, 4.69) is 44.8 Å². The van der Waals surface area contributed by atoms with Crippen LogP contribution >= 0.6 is 11.8 Å². The number of benzene rings is 1. The number of fused-ring (bicyclic) bond motifs is 1. The van der Waals surface area contributed by atoms with Gasteiger partial charge in [-0.1, -0.05) is 12.0 Å². The van der Waals surface area contributed by atoms with E-state index in [0.717, 1.165) is 25.9 Å². The molecule has 12 heteroatoms. The number of methoxy groups -OCH3 is 1. The lowest BCUT2D eigenvalue weighted by Crippen LogP contribution is -2.37. The van der Waals surface area contributed by atoms with Crippen molar-refractivity contribution in [3.63, 3.8) is 0 Å². The van der Waals surface area contributed by atoms with Crippen LogP contribution in [0.15, 0.2) is 41.3 Å². The van der Waals surface area contributed by atoms with Gasteiger partial charge in [-0.05, 0) is 81.0 Å². The zero-order valence-corrected chi connectivity index (χ0v) is 22.1. The summed E-state index contributed by atoms with van der Waals surface area (Å²) in [4.78, 5) is 14.2. The van der Waals surface area contributed by atoms with Gasteiger partial charge in [-0.3, -0.25) is 4.79 Å². The van der Waals surface area contributed by atoms with E-state index in [1.54, 1.807) is 30.3 Å². The van der Waals surface area contributed by atoms with Gasteiger partial charge in [0.2, 0.25) is 0 Å². The summed E-state index contributed by atoms with van der Waals surface area (Å²) in [5, 5.41) is 13.5. The average molecular weight is 547 g/mol. The molecule has 1 amide bonds. The zero-order valence-electron chi connectivity index (χ0n) is 21.3. The van der Waals surface area contributed by atoms with Crippen molar-refractivity contribution < 1.29 is 22.7 Å². The first kappa shape index (κ1) is 27.5. The number of likely N-dealkylation sites (tertiary alicyclic amines) is 1. The molecule has 3 aromatic rings. The summed E-state index contributed by atoms with van der Waals surface area (Å²) >= 11 is -0.218. The number of halogens is 3. The minimum Gasteiger partial charge on any atom is -0.495 e.